The van der Waals surface area contributed by atoms with Gasteiger partial charge in [0.05, 0.1) is 0 Å². The van der Waals surface area contributed by atoms with Crippen molar-refractivity contribution in [2.24, 2.45) is 5.92 Å². The van der Waals surface area contributed by atoms with Crippen LogP contribution in [0.4, 0.5) is 4.79 Å². The van der Waals surface area contributed by atoms with E-state index < -0.39 is 11.5 Å². The van der Waals surface area contributed by atoms with E-state index in [4.69, 9.17) is 0 Å². The highest BCUT2D eigenvalue weighted by atomic mass is 16.4. The Bertz CT molecular complexity index is 333. The number of nitrogens with one attached hydrogen (secondary N) is 1. The number of urea groups is 1. The molecule has 0 aromatic heterocycles. The Hall–Kier alpha value is -1.26. The van der Waals surface area contributed by atoms with Crippen LogP contribution in [0.5, 0.6) is 0 Å². The quantitative estimate of drug-likeness (QED) is 0.806. The number of piperidine rings is 1. The summed E-state index contributed by atoms with van der Waals surface area (Å²) >= 11 is 0. The van der Waals surface area contributed by atoms with Gasteiger partial charge in [-0.05, 0) is 32.1 Å². The second-order valence-corrected chi connectivity index (χ2v) is 5.68. The first kappa shape index (κ1) is 15.8. The van der Waals surface area contributed by atoms with Gasteiger partial charge in [-0.15, -0.1) is 0 Å². The SMILES string of the molecule is CCCC(C)(NC(=O)N1CCCC(CC)C1)C(=O)O. The summed E-state index contributed by atoms with van der Waals surface area (Å²) in [6.45, 7) is 7.10. The summed E-state index contributed by atoms with van der Waals surface area (Å²) in [7, 11) is 0. The lowest BCUT2D eigenvalue weighted by molar-refractivity contribution is -0.144. The maximum atomic E-state index is 12.2. The van der Waals surface area contributed by atoms with E-state index in [1.165, 1.54) is 0 Å². The molecule has 1 fully saturated rings. The predicted molar refractivity (Wildman–Crippen MR) is 74.1 cm³/mol. The number of carbonyl (C=O) groups is 2. The molecule has 1 aliphatic rings. The van der Waals surface area contributed by atoms with Crippen LogP contribution in [-0.4, -0.2) is 40.6 Å². The highest BCUT2D eigenvalue weighted by molar-refractivity contribution is 5.85. The lowest BCUT2D eigenvalue weighted by Crippen LogP contribution is -2.57. The topological polar surface area (TPSA) is 69.6 Å². The predicted octanol–water partition coefficient (Wildman–Crippen LogP) is 2.46. The first-order chi connectivity index (χ1) is 8.92. The van der Waals surface area contributed by atoms with Crippen molar-refractivity contribution in [3.63, 3.8) is 0 Å². The van der Waals surface area contributed by atoms with Gasteiger partial charge in [0.1, 0.15) is 5.54 Å². The molecule has 1 aliphatic heterocycles. The lowest BCUT2D eigenvalue weighted by atomic mass is 9.95. The van der Waals surface area contributed by atoms with Crippen LogP contribution < -0.4 is 5.32 Å². The highest BCUT2D eigenvalue weighted by Crippen LogP contribution is 2.20. The van der Waals surface area contributed by atoms with Crippen LogP contribution in [0.15, 0.2) is 0 Å². The van der Waals surface area contributed by atoms with E-state index in [0.717, 1.165) is 38.8 Å². The van der Waals surface area contributed by atoms with Crippen molar-refractivity contribution >= 4 is 12.0 Å². The Labute approximate surface area is 115 Å². The molecular formula is C14H26N2O3. The summed E-state index contributed by atoms with van der Waals surface area (Å²) in [6, 6.07) is -0.239. The third-order valence-electron chi connectivity index (χ3n) is 3.99. The first-order valence-electron chi connectivity index (χ1n) is 7.23. The Morgan fingerprint density at radius 2 is 2.11 bits per heavy atom. The maximum absolute atomic E-state index is 12.2. The van der Waals surface area contributed by atoms with Crippen LogP contribution in [0, 0.1) is 5.92 Å². The fourth-order valence-electron chi connectivity index (χ4n) is 2.62. The van der Waals surface area contributed by atoms with Gasteiger partial charge < -0.3 is 15.3 Å². The zero-order chi connectivity index (χ0) is 14.5. The standard InChI is InChI=1S/C14H26N2O3/c1-4-8-14(3,12(17)18)15-13(19)16-9-6-7-11(5-2)10-16/h11H,4-10H2,1-3H3,(H,15,19)(H,17,18). The van der Waals surface area contributed by atoms with E-state index in [0.29, 0.717) is 12.3 Å². The molecule has 1 saturated heterocycles. The van der Waals surface area contributed by atoms with E-state index in [9.17, 15) is 14.7 Å². The van der Waals surface area contributed by atoms with Crippen molar-refractivity contribution in [1.29, 1.82) is 0 Å². The molecule has 110 valence electrons. The summed E-state index contributed by atoms with van der Waals surface area (Å²) in [5.41, 5.74) is -1.16. The number of hydrogen-bond donors (Lipinski definition) is 2. The van der Waals surface area contributed by atoms with Gasteiger partial charge >= 0.3 is 12.0 Å². The molecule has 1 heterocycles. The minimum Gasteiger partial charge on any atom is -0.480 e. The van der Waals surface area contributed by atoms with Crippen LogP contribution in [0.3, 0.4) is 0 Å². The van der Waals surface area contributed by atoms with Gasteiger partial charge in [-0.25, -0.2) is 9.59 Å². The number of hydrogen-bond acceptors (Lipinski definition) is 2. The third kappa shape index (κ3) is 4.11. The van der Waals surface area contributed by atoms with Gasteiger partial charge in [-0.3, -0.25) is 0 Å². The fraction of sp³-hybridized carbons (Fsp3) is 0.857. The van der Waals surface area contributed by atoms with Crippen LogP contribution in [0.1, 0.15) is 52.9 Å². The normalized spacial score (nSPS) is 22.7. The van der Waals surface area contributed by atoms with Crippen molar-refractivity contribution in [1.82, 2.24) is 10.2 Å². The lowest BCUT2D eigenvalue weighted by Gasteiger charge is -2.35. The number of amides is 2. The summed E-state index contributed by atoms with van der Waals surface area (Å²) in [6.07, 6.45) is 4.39. The summed E-state index contributed by atoms with van der Waals surface area (Å²) in [5, 5.41) is 12.0. The zero-order valence-electron chi connectivity index (χ0n) is 12.2. The first-order valence-corrected chi connectivity index (χ1v) is 7.23. The molecule has 0 aromatic rings. The molecular weight excluding hydrogens is 244 g/mol. The number of carboxylic acid groups (broad SMARTS) is 1. The Kier molecular flexibility index (Phi) is 5.63. The van der Waals surface area contributed by atoms with E-state index >= 15 is 0 Å². The number of likely N-dealkylation sites (tertiary alicyclic amines) is 1. The summed E-state index contributed by atoms with van der Waals surface area (Å²) in [5.74, 6) is -0.423. The van der Waals surface area contributed by atoms with E-state index in [1.54, 1.807) is 11.8 Å². The molecule has 1 rings (SSSR count). The van der Waals surface area contributed by atoms with Gasteiger partial charge in [0.2, 0.25) is 0 Å². The molecule has 2 amide bonds. The van der Waals surface area contributed by atoms with Crippen LogP contribution >= 0.6 is 0 Å². The van der Waals surface area contributed by atoms with E-state index in [2.05, 4.69) is 12.2 Å². The maximum Gasteiger partial charge on any atom is 0.329 e. The molecule has 0 radical (unpaired) electrons. The number of carbonyl (C=O) groups excluding carboxylic acids is 1. The number of rotatable bonds is 5. The van der Waals surface area contributed by atoms with Crippen LogP contribution in [-0.2, 0) is 4.79 Å². The highest BCUT2D eigenvalue weighted by Gasteiger charge is 2.35. The minimum absolute atomic E-state index is 0.239. The smallest absolute Gasteiger partial charge is 0.329 e. The average Bonchev–Trinajstić information content (AvgIpc) is 2.38. The molecule has 2 N–H and O–H groups in total. The van der Waals surface area contributed by atoms with Gasteiger partial charge in [0.15, 0.2) is 0 Å². The summed E-state index contributed by atoms with van der Waals surface area (Å²) in [4.78, 5) is 25.3. The average molecular weight is 270 g/mol. The second-order valence-electron chi connectivity index (χ2n) is 5.68. The number of aliphatic carboxylic acids is 1. The van der Waals surface area contributed by atoms with Crippen LogP contribution in [0.25, 0.3) is 0 Å². The largest absolute Gasteiger partial charge is 0.480 e. The molecule has 19 heavy (non-hydrogen) atoms. The van der Waals surface area contributed by atoms with Crippen molar-refractivity contribution < 1.29 is 14.7 Å². The van der Waals surface area contributed by atoms with Gasteiger partial charge in [0, 0.05) is 13.1 Å². The molecule has 0 spiro atoms. The van der Waals surface area contributed by atoms with Crippen molar-refractivity contribution in [2.45, 2.75) is 58.4 Å². The van der Waals surface area contributed by atoms with E-state index in [-0.39, 0.29) is 6.03 Å². The van der Waals surface area contributed by atoms with Crippen molar-refractivity contribution in [3.8, 4) is 0 Å². The molecule has 0 saturated carbocycles. The van der Waals surface area contributed by atoms with Gasteiger partial charge in [0.25, 0.3) is 0 Å². The van der Waals surface area contributed by atoms with Gasteiger partial charge in [-0.1, -0.05) is 26.7 Å². The number of carboxylic acids is 1. The fourth-order valence-corrected chi connectivity index (χ4v) is 2.62. The molecule has 2 unspecified atom stereocenters. The zero-order valence-corrected chi connectivity index (χ0v) is 12.2. The molecule has 0 bridgehead atoms. The monoisotopic (exact) mass is 270 g/mol. The van der Waals surface area contributed by atoms with E-state index in [1.807, 2.05) is 6.92 Å². The van der Waals surface area contributed by atoms with Gasteiger partial charge in [-0.2, -0.15) is 0 Å². The Balaban J connectivity index is 2.64. The minimum atomic E-state index is -1.16. The van der Waals surface area contributed by atoms with Crippen molar-refractivity contribution in [2.75, 3.05) is 13.1 Å². The molecule has 0 aliphatic carbocycles. The number of nitrogens with zero attached hydrogens (tertiary/aromatic N) is 1. The molecule has 0 aromatic carbocycles. The molecule has 5 heteroatoms. The van der Waals surface area contributed by atoms with Crippen LogP contribution in [0.2, 0.25) is 0 Å². The molecule has 5 nitrogen and oxygen atoms in total. The molecule has 2 atom stereocenters. The Morgan fingerprint density at radius 1 is 1.42 bits per heavy atom. The Morgan fingerprint density at radius 3 is 2.63 bits per heavy atom. The summed E-state index contributed by atoms with van der Waals surface area (Å²) < 4.78 is 0. The van der Waals surface area contributed by atoms with Crippen molar-refractivity contribution in [3.05, 3.63) is 0 Å². The third-order valence-corrected chi connectivity index (χ3v) is 3.99. The second kappa shape index (κ2) is 6.78.